The summed E-state index contributed by atoms with van der Waals surface area (Å²) in [7, 11) is 0. The first-order valence-electron chi connectivity index (χ1n) is 7.15. The number of aryl methyl sites for hydroxylation is 1. The lowest BCUT2D eigenvalue weighted by Crippen LogP contribution is -2.18. The molecule has 3 nitrogen and oxygen atoms in total. The Hall–Kier alpha value is -0.780. The Morgan fingerprint density at radius 3 is 1.86 bits per heavy atom. The molecule has 0 unspecified atom stereocenters. The summed E-state index contributed by atoms with van der Waals surface area (Å²) in [6, 6.07) is 4.01. The van der Waals surface area contributed by atoms with Crippen LogP contribution in [-0.4, -0.2) is 11.1 Å². The van der Waals surface area contributed by atoms with E-state index in [0.29, 0.717) is 18.6 Å². The van der Waals surface area contributed by atoms with E-state index < -0.39 is 0 Å². The topological polar surface area (TPSA) is 46.5 Å². The Balaban J connectivity index is 3.31. The molecule has 0 aliphatic rings. The van der Waals surface area contributed by atoms with Crippen LogP contribution in [0.4, 0.5) is 0 Å². The fourth-order valence-corrected chi connectivity index (χ4v) is 2.49. The van der Waals surface area contributed by atoms with E-state index in [2.05, 4.69) is 44.6 Å². The van der Waals surface area contributed by atoms with Crippen LogP contribution in [0.3, 0.4) is 0 Å². The zero-order valence-corrected chi connectivity index (χ0v) is 15.9. The molecular weight excluding hydrogens is 379 g/mol. The van der Waals surface area contributed by atoms with Crippen molar-refractivity contribution in [1.29, 1.82) is 0 Å². The average Bonchev–Trinajstić information content (AvgIpc) is 2.34. The highest BCUT2D eigenvalue weighted by Gasteiger charge is 2.26. The molecule has 0 radical (unpaired) electrons. The van der Waals surface area contributed by atoms with Gasteiger partial charge < -0.3 is 8.17 Å². The summed E-state index contributed by atoms with van der Waals surface area (Å²) in [5, 5.41) is 10.6. The fraction of sp³-hybridized carbons (Fsp3) is 0.588. The van der Waals surface area contributed by atoms with Crippen LogP contribution < -0.4 is 0 Å². The van der Waals surface area contributed by atoms with Gasteiger partial charge in [0.1, 0.15) is 5.75 Å². The van der Waals surface area contributed by atoms with Gasteiger partial charge in [-0.2, -0.15) is 0 Å². The SMILES string of the molecule is CC(C)(C)c1cc(CCC(=O)OI)cc(C(C)(C)C)c1O. The molecule has 0 fully saturated rings. The molecule has 1 aromatic carbocycles. The number of aromatic hydroxyl groups is 1. The van der Waals surface area contributed by atoms with Crippen LogP contribution in [0.1, 0.15) is 64.7 Å². The van der Waals surface area contributed by atoms with E-state index in [-0.39, 0.29) is 16.8 Å². The summed E-state index contributed by atoms with van der Waals surface area (Å²) in [4.78, 5) is 11.3. The molecule has 1 rings (SSSR count). The predicted molar refractivity (Wildman–Crippen MR) is 93.9 cm³/mol. The molecule has 0 aliphatic heterocycles. The molecule has 0 saturated carbocycles. The molecule has 1 aromatic rings. The van der Waals surface area contributed by atoms with Crippen LogP contribution in [0, 0.1) is 0 Å². The molecular formula is C17H25IO3. The minimum atomic E-state index is -0.224. The lowest BCUT2D eigenvalue weighted by Gasteiger charge is -2.28. The van der Waals surface area contributed by atoms with Gasteiger partial charge in [-0.15, -0.1) is 0 Å². The van der Waals surface area contributed by atoms with Gasteiger partial charge in [-0.1, -0.05) is 53.7 Å². The third kappa shape index (κ3) is 4.87. The standard InChI is InChI=1S/C17H25IO3/c1-16(2,3)12-9-11(7-8-14(19)21-18)10-13(15(12)20)17(4,5)6/h9-10,20H,7-8H2,1-6H3. The van der Waals surface area contributed by atoms with Gasteiger partial charge in [0.2, 0.25) is 0 Å². The lowest BCUT2D eigenvalue weighted by atomic mass is 9.78. The first-order chi connectivity index (χ1) is 9.46. The number of halogens is 1. The Bertz CT molecular complexity index is 487. The van der Waals surface area contributed by atoms with Crippen molar-refractivity contribution in [2.24, 2.45) is 0 Å². The van der Waals surface area contributed by atoms with Crippen molar-refractivity contribution in [1.82, 2.24) is 0 Å². The largest absolute Gasteiger partial charge is 0.507 e. The van der Waals surface area contributed by atoms with E-state index in [1.807, 2.05) is 12.1 Å². The van der Waals surface area contributed by atoms with Crippen LogP contribution in [0.5, 0.6) is 5.75 Å². The summed E-state index contributed by atoms with van der Waals surface area (Å²) in [6.07, 6.45) is 0.967. The van der Waals surface area contributed by atoms with E-state index in [1.54, 1.807) is 23.0 Å². The van der Waals surface area contributed by atoms with Crippen molar-refractivity contribution in [3.8, 4) is 5.75 Å². The normalized spacial score (nSPS) is 12.3. The first-order valence-corrected chi connectivity index (χ1v) is 8.03. The second-order valence-corrected chi connectivity index (χ2v) is 7.93. The van der Waals surface area contributed by atoms with Gasteiger partial charge in [0.25, 0.3) is 0 Å². The Morgan fingerprint density at radius 1 is 1.10 bits per heavy atom. The van der Waals surface area contributed by atoms with Gasteiger partial charge in [-0.3, -0.25) is 4.79 Å². The molecule has 0 spiro atoms. The quantitative estimate of drug-likeness (QED) is 0.736. The van der Waals surface area contributed by atoms with Gasteiger partial charge in [0.15, 0.2) is 23.0 Å². The molecule has 4 heteroatoms. The number of rotatable bonds is 3. The van der Waals surface area contributed by atoms with E-state index in [9.17, 15) is 9.90 Å². The smallest absolute Gasteiger partial charge is 0.315 e. The Morgan fingerprint density at radius 2 is 1.52 bits per heavy atom. The number of carbonyl (C=O) groups excluding carboxylic acids is 1. The van der Waals surface area contributed by atoms with Crippen molar-refractivity contribution < 1.29 is 13.0 Å². The van der Waals surface area contributed by atoms with Crippen LogP contribution >= 0.6 is 23.0 Å². The summed E-state index contributed by atoms with van der Waals surface area (Å²) in [5.74, 6) is 0.147. The van der Waals surface area contributed by atoms with Gasteiger partial charge in [-0.25, -0.2) is 0 Å². The maximum atomic E-state index is 11.3. The number of benzene rings is 1. The molecule has 0 bridgehead atoms. The highest BCUT2D eigenvalue weighted by molar-refractivity contribution is 14.1. The molecule has 118 valence electrons. The van der Waals surface area contributed by atoms with Crippen molar-refractivity contribution >= 4 is 29.0 Å². The lowest BCUT2D eigenvalue weighted by molar-refractivity contribution is -0.131. The third-order valence-electron chi connectivity index (χ3n) is 3.49. The van der Waals surface area contributed by atoms with Crippen LogP contribution in [0.25, 0.3) is 0 Å². The van der Waals surface area contributed by atoms with Crippen molar-refractivity contribution in [3.05, 3.63) is 28.8 Å². The molecule has 1 N–H and O–H groups in total. The van der Waals surface area contributed by atoms with E-state index in [1.165, 1.54) is 0 Å². The van der Waals surface area contributed by atoms with Crippen LogP contribution in [0.2, 0.25) is 0 Å². The second-order valence-electron chi connectivity index (χ2n) is 7.49. The van der Waals surface area contributed by atoms with E-state index >= 15 is 0 Å². The maximum Gasteiger partial charge on any atom is 0.315 e. The number of carbonyl (C=O) groups is 1. The molecule has 0 heterocycles. The number of hydrogen-bond acceptors (Lipinski definition) is 3. The monoisotopic (exact) mass is 404 g/mol. The predicted octanol–water partition coefficient (Wildman–Crippen LogP) is 4.81. The van der Waals surface area contributed by atoms with Crippen molar-refractivity contribution in [2.75, 3.05) is 0 Å². The van der Waals surface area contributed by atoms with Gasteiger partial charge in [0.05, 0.1) is 6.42 Å². The van der Waals surface area contributed by atoms with E-state index in [0.717, 1.165) is 16.7 Å². The van der Waals surface area contributed by atoms with Crippen molar-refractivity contribution in [2.45, 2.75) is 65.2 Å². The summed E-state index contributed by atoms with van der Waals surface area (Å²) in [6.45, 7) is 12.5. The Labute approximate surface area is 141 Å². The Kier molecular flexibility index (Phi) is 5.69. The van der Waals surface area contributed by atoms with Gasteiger partial charge >= 0.3 is 5.97 Å². The third-order valence-corrected chi connectivity index (χ3v) is 3.98. The molecule has 0 saturated heterocycles. The summed E-state index contributed by atoms with van der Waals surface area (Å²) in [5.41, 5.74) is 2.61. The van der Waals surface area contributed by atoms with Crippen LogP contribution in [0.15, 0.2) is 12.1 Å². The fourth-order valence-electron chi connectivity index (χ4n) is 2.27. The average molecular weight is 404 g/mol. The highest BCUT2D eigenvalue weighted by Crippen LogP contribution is 2.39. The molecule has 0 amide bonds. The number of phenolic OH excluding ortho intramolecular Hbond substituents is 1. The summed E-state index contributed by atoms with van der Waals surface area (Å²) < 4.78 is 4.67. The van der Waals surface area contributed by atoms with Gasteiger partial charge in [0, 0.05) is 0 Å². The second kappa shape index (κ2) is 6.55. The van der Waals surface area contributed by atoms with Crippen LogP contribution in [-0.2, 0) is 25.1 Å². The molecule has 21 heavy (non-hydrogen) atoms. The van der Waals surface area contributed by atoms with Gasteiger partial charge in [-0.05, 0) is 33.9 Å². The molecule has 0 aliphatic carbocycles. The maximum absolute atomic E-state index is 11.3. The zero-order chi connectivity index (χ0) is 16.4. The van der Waals surface area contributed by atoms with Crippen molar-refractivity contribution in [3.63, 3.8) is 0 Å². The number of hydrogen-bond donors (Lipinski definition) is 1. The highest BCUT2D eigenvalue weighted by atomic mass is 127. The number of phenols is 1. The molecule has 0 aromatic heterocycles. The van der Waals surface area contributed by atoms with E-state index in [4.69, 9.17) is 0 Å². The zero-order valence-electron chi connectivity index (χ0n) is 13.7. The molecule has 0 atom stereocenters. The minimum Gasteiger partial charge on any atom is -0.507 e. The first kappa shape index (κ1) is 18.3. The summed E-state index contributed by atoms with van der Waals surface area (Å²) >= 11 is 1.61. The minimum absolute atomic E-state index is 0.149.